The minimum absolute atomic E-state index is 0.762. The minimum Gasteiger partial charge on any atom is -0.359 e. The van der Waals surface area contributed by atoms with Crippen molar-refractivity contribution in [2.75, 3.05) is 6.54 Å². The summed E-state index contributed by atoms with van der Waals surface area (Å²) in [5.74, 6) is 0. The Morgan fingerprint density at radius 3 is 2.47 bits per heavy atom. The van der Waals surface area contributed by atoms with Gasteiger partial charge in [-0.3, -0.25) is 4.79 Å². The number of amides is 1. The van der Waals surface area contributed by atoms with Gasteiger partial charge in [-0.25, -0.2) is 0 Å². The molecule has 15 heavy (non-hydrogen) atoms. The van der Waals surface area contributed by atoms with Gasteiger partial charge in [0.05, 0.1) is 0 Å². The third-order valence-corrected chi connectivity index (χ3v) is 2.49. The first-order valence-corrected chi connectivity index (χ1v) is 5.62. The van der Waals surface area contributed by atoms with Crippen LogP contribution in [0.2, 0.25) is 0 Å². The lowest BCUT2D eigenvalue weighted by atomic mass is 9.99. The molecule has 1 N–H and O–H groups in total. The first kappa shape index (κ1) is 11.8. The first-order chi connectivity index (χ1) is 7.38. The molecule has 0 aliphatic carbocycles. The topological polar surface area (TPSA) is 29.1 Å². The normalized spacial score (nSPS) is 9.93. The number of hydrogen-bond donors (Lipinski definition) is 1. The van der Waals surface area contributed by atoms with Crippen LogP contribution in [-0.4, -0.2) is 13.0 Å². The van der Waals surface area contributed by atoms with E-state index >= 15 is 0 Å². The van der Waals surface area contributed by atoms with Crippen molar-refractivity contribution in [1.29, 1.82) is 0 Å². The van der Waals surface area contributed by atoms with E-state index in [9.17, 15) is 4.79 Å². The van der Waals surface area contributed by atoms with Crippen LogP contribution in [0.15, 0.2) is 24.3 Å². The van der Waals surface area contributed by atoms with Crippen LogP contribution in [0.3, 0.4) is 0 Å². The molecule has 1 amide bonds. The van der Waals surface area contributed by atoms with Crippen LogP contribution in [0.4, 0.5) is 0 Å². The Kier molecular flexibility index (Phi) is 5.52. The van der Waals surface area contributed by atoms with Gasteiger partial charge in [0.1, 0.15) is 0 Å². The molecule has 2 nitrogen and oxygen atoms in total. The lowest BCUT2D eigenvalue weighted by molar-refractivity contribution is -0.109. The number of benzene rings is 1. The fourth-order valence-corrected chi connectivity index (χ4v) is 1.75. The maximum Gasteiger partial charge on any atom is 0.207 e. The molecule has 0 radical (unpaired) electrons. The van der Waals surface area contributed by atoms with Crippen molar-refractivity contribution in [2.45, 2.75) is 32.6 Å². The summed E-state index contributed by atoms with van der Waals surface area (Å²) in [6, 6.07) is 8.57. The second-order valence-corrected chi connectivity index (χ2v) is 3.69. The van der Waals surface area contributed by atoms with Crippen LogP contribution >= 0.6 is 0 Å². The second kappa shape index (κ2) is 7.04. The van der Waals surface area contributed by atoms with Gasteiger partial charge in [0, 0.05) is 6.54 Å². The summed E-state index contributed by atoms with van der Waals surface area (Å²) in [7, 11) is 0. The molecule has 82 valence electrons. The van der Waals surface area contributed by atoms with Crippen LogP contribution in [0.25, 0.3) is 0 Å². The second-order valence-electron chi connectivity index (χ2n) is 3.69. The molecule has 0 saturated heterocycles. The van der Waals surface area contributed by atoms with E-state index in [0.717, 1.165) is 32.2 Å². The number of aryl methyl sites for hydroxylation is 2. The highest BCUT2D eigenvalue weighted by molar-refractivity contribution is 5.45. The van der Waals surface area contributed by atoms with E-state index in [2.05, 4.69) is 36.5 Å². The molecular formula is C13H19NO. The fourth-order valence-electron chi connectivity index (χ4n) is 1.75. The molecule has 0 fully saturated rings. The summed E-state index contributed by atoms with van der Waals surface area (Å²) in [5.41, 5.74) is 2.87. The third kappa shape index (κ3) is 4.15. The third-order valence-electron chi connectivity index (χ3n) is 2.49. The van der Waals surface area contributed by atoms with Crippen molar-refractivity contribution in [3.8, 4) is 0 Å². The molecule has 0 aliphatic heterocycles. The summed E-state index contributed by atoms with van der Waals surface area (Å²) in [6.45, 7) is 2.97. The van der Waals surface area contributed by atoms with E-state index in [-0.39, 0.29) is 0 Å². The number of nitrogens with one attached hydrogen (secondary N) is 1. The Morgan fingerprint density at radius 2 is 1.87 bits per heavy atom. The van der Waals surface area contributed by atoms with Crippen molar-refractivity contribution >= 4 is 6.41 Å². The molecule has 1 rings (SSSR count). The van der Waals surface area contributed by atoms with Crippen molar-refractivity contribution in [1.82, 2.24) is 5.32 Å². The maximum atomic E-state index is 10.1. The van der Waals surface area contributed by atoms with Gasteiger partial charge < -0.3 is 5.32 Å². The molecule has 0 saturated carbocycles. The molecular weight excluding hydrogens is 186 g/mol. The lowest BCUT2D eigenvalue weighted by Gasteiger charge is -2.07. The number of rotatable bonds is 7. The van der Waals surface area contributed by atoms with Crippen molar-refractivity contribution in [3.63, 3.8) is 0 Å². The Bertz CT molecular complexity index is 296. The molecule has 0 aromatic heterocycles. The summed E-state index contributed by atoms with van der Waals surface area (Å²) in [4.78, 5) is 10.1. The molecule has 1 aromatic rings. The molecule has 0 atom stereocenters. The van der Waals surface area contributed by atoms with Crippen LogP contribution < -0.4 is 5.32 Å². The Balaban J connectivity index is 2.47. The Morgan fingerprint density at radius 1 is 1.20 bits per heavy atom. The lowest BCUT2D eigenvalue weighted by Crippen LogP contribution is -2.13. The SMILES string of the molecule is CCCc1ccccc1CCCNC=O. The van der Waals surface area contributed by atoms with Gasteiger partial charge in [-0.2, -0.15) is 0 Å². The quantitative estimate of drug-likeness (QED) is 0.537. The predicted molar refractivity (Wildman–Crippen MR) is 62.8 cm³/mol. The van der Waals surface area contributed by atoms with Gasteiger partial charge in [0.25, 0.3) is 0 Å². The Labute approximate surface area is 91.7 Å². The monoisotopic (exact) mass is 205 g/mol. The zero-order valence-electron chi connectivity index (χ0n) is 9.33. The fraction of sp³-hybridized carbons (Fsp3) is 0.462. The maximum absolute atomic E-state index is 10.1. The van der Waals surface area contributed by atoms with Gasteiger partial charge in [0.15, 0.2) is 0 Å². The van der Waals surface area contributed by atoms with Crippen LogP contribution in [0, 0.1) is 0 Å². The zero-order chi connectivity index (χ0) is 10.9. The largest absolute Gasteiger partial charge is 0.359 e. The summed E-state index contributed by atoms with van der Waals surface area (Å²) in [6.07, 6.45) is 5.16. The smallest absolute Gasteiger partial charge is 0.207 e. The molecule has 0 aliphatic rings. The van der Waals surface area contributed by atoms with E-state index in [4.69, 9.17) is 0 Å². The van der Waals surface area contributed by atoms with Crippen LogP contribution in [0.1, 0.15) is 30.9 Å². The highest BCUT2D eigenvalue weighted by Crippen LogP contribution is 2.12. The van der Waals surface area contributed by atoms with E-state index < -0.39 is 0 Å². The van der Waals surface area contributed by atoms with Crippen LogP contribution in [-0.2, 0) is 17.6 Å². The van der Waals surface area contributed by atoms with Crippen molar-refractivity contribution < 1.29 is 4.79 Å². The van der Waals surface area contributed by atoms with E-state index in [1.165, 1.54) is 17.5 Å². The molecule has 0 bridgehead atoms. The number of hydrogen-bond acceptors (Lipinski definition) is 1. The predicted octanol–water partition coefficient (Wildman–Crippen LogP) is 2.32. The molecule has 0 heterocycles. The Hall–Kier alpha value is -1.31. The van der Waals surface area contributed by atoms with Gasteiger partial charge in [0.2, 0.25) is 6.41 Å². The van der Waals surface area contributed by atoms with Gasteiger partial charge in [-0.05, 0) is 30.4 Å². The molecule has 0 spiro atoms. The average molecular weight is 205 g/mol. The van der Waals surface area contributed by atoms with Crippen LogP contribution in [0.5, 0.6) is 0 Å². The first-order valence-electron chi connectivity index (χ1n) is 5.62. The highest BCUT2D eigenvalue weighted by atomic mass is 16.1. The van der Waals surface area contributed by atoms with Gasteiger partial charge >= 0.3 is 0 Å². The van der Waals surface area contributed by atoms with E-state index in [1.807, 2.05) is 0 Å². The standard InChI is InChI=1S/C13H19NO/c1-2-6-12-7-3-4-8-13(12)9-5-10-14-11-15/h3-4,7-8,11H,2,5-6,9-10H2,1H3,(H,14,15). The van der Waals surface area contributed by atoms with E-state index in [1.54, 1.807) is 0 Å². The summed E-state index contributed by atoms with van der Waals surface area (Å²) < 4.78 is 0. The summed E-state index contributed by atoms with van der Waals surface area (Å²) >= 11 is 0. The average Bonchev–Trinajstić information content (AvgIpc) is 2.27. The molecule has 2 heteroatoms. The summed E-state index contributed by atoms with van der Waals surface area (Å²) in [5, 5.41) is 2.69. The minimum atomic E-state index is 0.762. The van der Waals surface area contributed by atoms with Crippen molar-refractivity contribution in [3.05, 3.63) is 35.4 Å². The molecule has 0 unspecified atom stereocenters. The van der Waals surface area contributed by atoms with Gasteiger partial charge in [-0.15, -0.1) is 0 Å². The number of carbonyl (C=O) groups is 1. The molecule has 1 aromatic carbocycles. The highest BCUT2D eigenvalue weighted by Gasteiger charge is 1.99. The van der Waals surface area contributed by atoms with Gasteiger partial charge in [-0.1, -0.05) is 37.6 Å². The zero-order valence-corrected chi connectivity index (χ0v) is 9.33. The number of carbonyl (C=O) groups excluding carboxylic acids is 1. The van der Waals surface area contributed by atoms with E-state index in [0.29, 0.717) is 0 Å². The van der Waals surface area contributed by atoms with Crippen molar-refractivity contribution in [2.24, 2.45) is 0 Å².